The second-order valence-corrected chi connectivity index (χ2v) is 9.28. The van der Waals surface area contributed by atoms with Crippen molar-refractivity contribution in [1.82, 2.24) is 10.0 Å². The van der Waals surface area contributed by atoms with Gasteiger partial charge in [0.1, 0.15) is 0 Å². The van der Waals surface area contributed by atoms with E-state index < -0.39 is 15.6 Å². The van der Waals surface area contributed by atoms with E-state index in [0.29, 0.717) is 18.0 Å². The van der Waals surface area contributed by atoms with Crippen molar-refractivity contribution in [3.05, 3.63) is 29.8 Å². The molecule has 134 valence electrons. The Labute approximate surface area is 145 Å². The molecule has 0 spiro atoms. The molecule has 2 N–H and O–H groups in total. The summed E-state index contributed by atoms with van der Waals surface area (Å²) < 4.78 is 27.1. The second-order valence-electron chi connectivity index (χ2n) is 7.59. The van der Waals surface area contributed by atoms with E-state index in [4.69, 9.17) is 0 Å². The van der Waals surface area contributed by atoms with Crippen LogP contribution in [0.25, 0.3) is 0 Å². The fourth-order valence-corrected chi connectivity index (χ4v) is 4.40. The molecule has 6 heteroatoms. The van der Waals surface area contributed by atoms with Gasteiger partial charge >= 0.3 is 0 Å². The molecule has 0 bridgehead atoms. The number of nitrogens with one attached hydrogen (secondary N) is 2. The van der Waals surface area contributed by atoms with Gasteiger partial charge in [-0.3, -0.25) is 4.79 Å². The molecule has 1 saturated carbocycles. The number of rotatable bonds is 5. The molecule has 1 amide bonds. The van der Waals surface area contributed by atoms with E-state index in [9.17, 15) is 13.2 Å². The normalized spacial score (nSPS) is 16.8. The Balaban J connectivity index is 1.96. The second kappa shape index (κ2) is 7.66. The highest BCUT2D eigenvalue weighted by molar-refractivity contribution is 7.89. The Morgan fingerprint density at radius 3 is 2.21 bits per heavy atom. The molecular formula is C18H28N2O3S. The molecule has 0 saturated heterocycles. The zero-order valence-electron chi connectivity index (χ0n) is 14.8. The fourth-order valence-electron chi connectivity index (χ4n) is 2.98. The van der Waals surface area contributed by atoms with Crippen LogP contribution in [-0.2, 0) is 10.0 Å². The van der Waals surface area contributed by atoms with Gasteiger partial charge in [-0.05, 0) is 63.8 Å². The predicted molar refractivity (Wildman–Crippen MR) is 95.4 cm³/mol. The standard InChI is InChI=1S/C18H28N2O3S/c1-18(2,3)20-24(22,23)16-11-9-15(10-12-16)17(21)19-13-14-7-5-4-6-8-14/h9-12,14,20H,4-8,13H2,1-3H3,(H,19,21). The van der Waals surface area contributed by atoms with Crippen LogP contribution in [0.4, 0.5) is 0 Å². The molecule has 0 aromatic heterocycles. The van der Waals surface area contributed by atoms with Crippen LogP contribution in [-0.4, -0.2) is 26.4 Å². The van der Waals surface area contributed by atoms with Crippen LogP contribution in [0.3, 0.4) is 0 Å². The topological polar surface area (TPSA) is 75.3 Å². The van der Waals surface area contributed by atoms with Gasteiger partial charge in [0.15, 0.2) is 0 Å². The summed E-state index contributed by atoms with van der Waals surface area (Å²) in [4.78, 5) is 12.4. The summed E-state index contributed by atoms with van der Waals surface area (Å²) in [6, 6.07) is 6.08. The molecule has 1 aliphatic carbocycles. The third-order valence-electron chi connectivity index (χ3n) is 4.14. The van der Waals surface area contributed by atoms with Crippen LogP contribution in [0, 0.1) is 5.92 Å². The first-order valence-electron chi connectivity index (χ1n) is 8.60. The number of benzene rings is 1. The number of hydrogen-bond acceptors (Lipinski definition) is 3. The molecule has 1 aliphatic rings. The van der Waals surface area contributed by atoms with Crippen LogP contribution in [0.15, 0.2) is 29.2 Å². The van der Waals surface area contributed by atoms with Crippen molar-refractivity contribution >= 4 is 15.9 Å². The summed E-state index contributed by atoms with van der Waals surface area (Å²) in [6.07, 6.45) is 6.14. The Hall–Kier alpha value is -1.40. The lowest BCUT2D eigenvalue weighted by Gasteiger charge is -2.22. The van der Waals surface area contributed by atoms with Crippen molar-refractivity contribution in [3.8, 4) is 0 Å². The van der Waals surface area contributed by atoms with E-state index in [1.807, 2.05) is 0 Å². The van der Waals surface area contributed by atoms with Crippen molar-refractivity contribution in [2.45, 2.75) is 63.3 Å². The lowest BCUT2D eigenvalue weighted by atomic mass is 9.89. The van der Waals surface area contributed by atoms with Gasteiger partial charge in [-0.25, -0.2) is 13.1 Å². The smallest absolute Gasteiger partial charge is 0.251 e. The highest BCUT2D eigenvalue weighted by Crippen LogP contribution is 2.23. The molecule has 5 nitrogen and oxygen atoms in total. The molecule has 0 heterocycles. The van der Waals surface area contributed by atoms with Gasteiger partial charge in [0, 0.05) is 17.6 Å². The number of hydrogen-bond donors (Lipinski definition) is 2. The quantitative estimate of drug-likeness (QED) is 0.855. The Bertz CT molecular complexity index is 654. The Morgan fingerprint density at radius 1 is 1.08 bits per heavy atom. The Kier molecular flexibility index (Phi) is 6.04. The lowest BCUT2D eigenvalue weighted by Crippen LogP contribution is -2.40. The first kappa shape index (κ1) is 18.9. The van der Waals surface area contributed by atoms with Crippen LogP contribution >= 0.6 is 0 Å². The molecule has 0 atom stereocenters. The van der Waals surface area contributed by atoms with E-state index in [0.717, 1.165) is 0 Å². The van der Waals surface area contributed by atoms with Crippen molar-refractivity contribution in [2.24, 2.45) is 5.92 Å². The van der Waals surface area contributed by atoms with Crippen molar-refractivity contribution < 1.29 is 13.2 Å². The van der Waals surface area contributed by atoms with Crippen LogP contribution < -0.4 is 10.0 Å². The van der Waals surface area contributed by atoms with E-state index in [1.165, 1.54) is 44.2 Å². The van der Waals surface area contributed by atoms with Crippen molar-refractivity contribution in [3.63, 3.8) is 0 Å². The predicted octanol–water partition coefficient (Wildman–Crippen LogP) is 3.07. The summed E-state index contributed by atoms with van der Waals surface area (Å²) in [6.45, 7) is 6.07. The summed E-state index contributed by atoms with van der Waals surface area (Å²) in [5.41, 5.74) is -0.0602. The minimum Gasteiger partial charge on any atom is -0.352 e. The third kappa shape index (κ3) is 5.60. The Morgan fingerprint density at radius 2 is 1.67 bits per heavy atom. The summed E-state index contributed by atoms with van der Waals surface area (Å²) >= 11 is 0. The van der Waals surface area contributed by atoms with Crippen LogP contribution in [0.5, 0.6) is 0 Å². The molecule has 0 unspecified atom stereocenters. The number of carbonyl (C=O) groups excluding carboxylic acids is 1. The fraction of sp³-hybridized carbons (Fsp3) is 0.611. The third-order valence-corrected chi connectivity index (χ3v) is 5.92. The van der Waals surface area contributed by atoms with Gasteiger partial charge in [-0.1, -0.05) is 19.3 Å². The zero-order chi connectivity index (χ0) is 17.8. The maximum absolute atomic E-state index is 12.2. The van der Waals surface area contributed by atoms with E-state index in [2.05, 4.69) is 10.0 Å². The van der Waals surface area contributed by atoms with Gasteiger partial charge in [0.05, 0.1) is 4.90 Å². The lowest BCUT2D eigenvalue weighted by molar-refractivity contribution is 0.0943. The van der Waals surface area contributed by atoms with Gasteiger partial charge in [-0.2, -0.15) is 0 Å². The molecular weight excluding hydrogens is 324 g/mol. The molecule has 0 radical (unpaired) electrons. The monoisotopic (exact) mass is 352 g/mol. The summed E-state index contributed by atoms with van der Waals surface area (Å²) in [7, 11) is -3.57. The molecule has 1 fully saturated rings. The minimum atomic E-state index is -3.57. The van der Waals surface area contributed by atoms with Crippen LogP contribution in [0.1, 0.15) is 63.2 Å². The zero-order valence-corrected chi connectivity index (χ0v) is 15.6. The van der Waals surface area contributed by atoms with Crippen molar-refractivity contribution in [2.75, 3.05) is 6.54 Å². The molecule has 2 rings (SSSR count). The molecule has 1 aromatic rings. The SMILES string of the molecule is CC(C)(C)NS(=O)(=O)c1ccc(C(=O)NCC2CCCCC2)cc1. The van der Waals surface area contributed by atoms with E-state index >= 15 is 0 Å². The molecule has 0 aliphatic heterocycles. The molecule has 24 heavy (non-hydrogen) atoms. The first-order chi connectivity index (χ1) is 11.2. The van der Waals surface area contributed by atoms with Gasteiger partial charge < -0.3 is 5.32 Å². The number of amides is 1. The summed E-state index contributed by atoms with van der Waals surface area (Å²) in [5.74, 6) is 0.423. The number of carbonyl (C=O) groups is 1. The minimum absolute atomic E-state index is 0.145. The molecule has 1 aromatic carbocycles. The average Bonchev–Trinajstić information content (AvgIpc) is 2.51. The maximum atomic E-state index is 12.2. The highest BCUT2D eigenvalue weighted by Gasteiger charge is 2.22. The first-order valence-corrected chi connectivity index (χ1v) is 10.1. The van der Waals surface area contributed by atoms with E-state index in [1.54, 1.807) is 32.9 Å². The number of sulfonamides is 1. The van der Waals surface area contributed by atoms with Crippen LogP contribution in [0.2, 0.25) is 0 Å². The van der Waals surface area contributed by atoms with Crippen molar-refractivity contribution in [1.29, 1.82) is 0 Å². The highest BCUT2D eigenvalue weighted by atomic mass is 32.2. The van der Waals surface area contributed by atoms with Gasteiger partial charge in [0.25, 0.3) is 5.91 Å². The van der Waals surface area contributed by atoms with E-state index in [-0.39, 0.29) is 10.8 Å². The average molecular weight is 353 g/mol. The van der Waals surface area contributed by atoms with Gasteiger partial charge in [-0.15, -0.1) is 0 Å². The largest absolute Gasteiger partial charge is 0.352 e. The maximum Gasteiger partial charge on any atom is 0.251 e. The van der Waals surface area contributed by atoms with Gasteiger partial charge in [0.2, 0.25) is 10.0 Å². The summed E-state index contributed by atoms with van der Waals surface area (Å²) in [5, 5.41) is 2.96.